The zero-order chi connectivity index (χ0) is 19.9. The molecular weight excluding hydrogens is 394 g/mol. The summed E-state index contributed by atoms with van der Waals surface area (Å²) in [4.78, 5) is 19.4. The molecule has 28 heavy (non-hydrogen) atoms. The first kappa shape index (κ1) is 19.0. The number of thiazole rings is 1. The Bertz CT molecular complexity index is 1110. The van der Waals surface area contributed by atoms with Crippen molar-refractivity contribution in [2.24, 2.45) is 5.14 Å². The number of likely N-dealkylation sites (tertiary alicyclic amines) is 1. The van der Waals surface area contributed by atoms with Crippen LogP contribution in [-0.4, -0.2) is 37.3 Å². The Hall–Kier alpha value is -2.29. The first-order valence-electron chi connectivity index (χ1n) is 9.11. The third-order valence-corrected chi connectivity index (χ3v) is 7.44. The van der Waals surface area contributed by atoms with Crippen LogP contribution in [0.1, 0.15) is 39.7 Å². The molecule has 146 valence electrons. The molecule has 2 heterocycles. The second kappa shape index (κ2) is 7.27. The van der Waals surface area contributed by atoms with Crippen LogP contribution >= 0.6 is 11.3 Å². The van der Waals surface area contributed by atoms with Crippen molar-refractivity contribution in [1.29, 1.82) is 0 Å². The Morgan fingerprint density at radius 3 is 2.57 bits per heavy atom. The molecule has 0 atom stereocenters. The summed E-state index contributed by atoms with van der Waals surface area (Å²) in [6.45, 7) is 2.91. The van der Waals surface area contributed by atoms with Crippen molar-refractivity contribution in [3.8, 4) is 0 Å². The lowest BCUT2D eigenvalue weighted by Crippen LogP contribution is -2.38. The number of piperidine rings is 1. The molecule has 4 rings (SSSR count). The molecule has 1 aliphatic heterocycles. The van der Waals surface area contributed by atoms with Gasteiger partial charge >= 0.3 is 0 Å². The zero-order valence-corrected chi connectivity index (χ0v) is 17.1. The number of sulfonamides is 1. The van der Waals surface area contributed by atoms with Crippen molar-refractivity contribution < 1.29 is 13.2 Å². The number of hydrogen-bond donors (Lipinski definition) is 1. The lowest BCUT2D eigenvalue weighted by molar-refractivity contribution is 0.0712. The van der Waals surface area contributed by atoms with Gasteiger partial charge in [-0.05, 0) is 49.6 Å². The van der Waals surface area contributed by atoms with Gasteiger partial charge in [-0.15, -0.1) is 11.3 Å². The first-order chi connectivity index (χ1) is 13.3. The second-order valence-corrected chi connectivity index (χ2v) is 9.70. The summed E-state index contributed by atoms with van der Waals surface area (Å²) >= 11 is 1.72. The van der Waals surface area contributed by atoms with E-state index in [1.54, 1.807) is 35.3 Å². The smallest absolute Gasteiger partial charge is 0.253 e. The molecule has 1 fully saturated rings. The lowest BCUT2D eigenvalue weighted by Gasteiger charge is -2.31. The first-order valence-corrected chi connectivity index (χ1v) is 11.5. The predicted molar refractivity (Wildman–Crippen MR) is 110 cm³/mol. The second-order valence-electron chi connectivity index (χ2n) is 7.11. The molecule has 0 radical (unpaired) electrons. The van der Waals surface area contributed by atoms with E-state index in [1.807, 2.05) is 18.2 Å². The largest absolute Gasteiger partial charge is 0.339 e. The van der Waals surface area contributed by atoms with E-state index >= 15 is 0 Å². The molecule has 2 aromatic carbocycles. The molecule has 3 aromatic rings. The summed E-state index contributed by atoms with van der Waals surface area (Å²) in [6, 6.07) is 12.8. The van der Waals surface area contributed by atoms with E-state index in [2.05, 4.69) is 6.07 Å². The highest BCUT2D eigenvalue weighted by Gasteiger charge is 2.27. The van der Waals surface area contributed by atoms with Crippen molar-refractivity contribution >= 4 is 37.5 Å². The Morgan fingerprint density at radius 2 is 1.89 bits per heavy atom. The zero-order valence-electron chi connectivity index (χ0n) is 15.5. The summed E-state index contributed by atoms with van der Waals surface area (Å²) < 4.78 is 24.6. The van der Waals surface area contributed by atoms with Gasteiger partial charge in [-0.2, -0.15) is 0 Å². The van der Waals surface area contributed by atoms with Crippen LogP contribution in [0.5, 0.6) is 0 Å². The Balaban J connectivity index is 1.48. The van der Waals surface area contributed by atoms with Crippen LogP contribution in [0.2, 0.25) is 0 Å². The highest BCUT2D eigenvalue weighted by molar-refractivity contribution is 7.89. The maximum atomic E-state index is 12.9. The van der Waals surface area contributed by atoms with Gasteiger partial charge in [0.05, 0.1) is 20.1 Å². The normalized spacial score (nSPS) is 15.9. The fourth-order valence-electron chi connectivity index (χ4n) is 3.62. The minimum Gasteiger partial charge on any atom is -0.339 e. The number of hydrogen-bond acceptors (Lipinski definition) is 5. The summed E-state index contributed by atoms with van der Waals surface area (Å²) in [6.07, 6.45) is 1.69. The molecule has 6 nitrogen and oxygen atoms in total. The topological polar surface area (TPSA) is 93.4 Å². The molecule has 8 heteroatoms. The molecule has 2 N–H and O–H groups in total. The average Bonchev–Trinajstić information content (AvgIpc) is 3.11. The van der Waals surface area contributed by atoms with Crippen molar-refractivity contribution in [2.75, 3.05) is 13.1 Å². The molecule has 0 unspecified atom stereocenters. The van der Waals surface area contributed by atoms with Crippen LogP contribution in [0, 0.1) is 6.92 Å². The Morgan fingerprint density at radius 1 is 1.18 bits per heavy atom. The van der Waals surface area contributed by atoms with E-state index in [-0.39, 0.29) is 10.8 Å². The number of nitrogens with zero attached hydrogens (tertiary/aromatic N) is 2. The summed E-state index contributed by atoms with van der Waals surface area (Å²) in [5.41, 5.74) is 1.91. The Labute approximate surface area is 168 Å². The SMILES string of the molecule is Cc1ccc(C(=O)N2CCC(c3nc4ccccc4s3)CC2)cc1S(N)(=O)=O. The van der Waals surface area contributed by atoms with Gasteiger partial charge in [0.1, 0.15) is 0 Å². The number of nitrogens with two attached hydrogens (primary N) is 1. The molecule has 1 aromatic heterocycles. The van der Waals surface area contributed by atoms with Gasteiger partial charge in [-0.25, -0.2) is 18.5 Å². The summed E-state index contributed by atoms with van der Waals surface area (Å²) in [7, 11) is -3.86. The van der Waals surface area contributed by atoms with Gasteiger partial charge in [0, 0.05) is 24.6 Å². The van der Waals surface area contributed by atoms with Crippen molar-refractivity contribution in [3.05, 3.63) is 58.6 Å². The van der Waals surface area contributed by atoms with Gasteiger partial charge < -0.3 is 4.90 Å². The lowest BCUT2D eigenvalue weighted by atomic mass is 9.97. The maximum absolute atomic E-state index is 12.9. The summed E-state index contributed by atoms with van der Waals surface area (Å²) in [5.74, 6) is 0.187. The van der Waals surface area contributed by atoms with Crippen LogP contribution in [-0.2, 0) is 10.0 Å². The fraction of sp³-hybridized carbons (Fsp3) is 0.300. The quantitative estimate of drug-likeness (QED) is 0.710. The van der Waals surface area contributed by atoms with Crippen LogP contribution in [0.15, 0.2) is 47.4 Å². The predicted octanol–water partition coefficient (Wildman–Crippen LogP) is 3.27. The van der Waals surface area contributed by atoms with Crippen molar-refractivity contribution in [3.63, 3.8) is 0 Å². The third-order valence-electron chi connectivity index (χ3n) is 5.18. The number of carbonyl (C=O) groups is 1. The van der Waals surface area contributed by atoms with E-state index in [0.717, 1.165) is 23.4 Å². The molecule has 0 saturated carbocycles. The molecule has 0 spiro atoms. The van der Waals surface area contributed by atoms with Crippen LogP contribution < -0.4 is 5.14 Å². The van der Waals surface area contributed by atoms with Crippen LogP contribution in [0.4, 0.5) is 0 Å². The molecule has 1 aliphatic rings. The average molecular weight is 416 g/mol. The molecule has 0 bridgehead atoms. The number of para-hydroxylation sites is 1. The van der Waals surface area contributed by atoms with E-state index in [1.165, 1.54) is 10.8 Å². The number of benzene rings is 2. The summed E-state index contributed by atoms with van der Waals surface area (Å²) in [5, 5.41) is 6.39. The molecule has 1 saturated heterocycles. The van der Waals surface area contributed by atoms with Gasteiger partial charge in [0.25, 0.3) is 5.91 Å². The number of fused-ring (bicyclic) bond motifs is 1. The van der Waals surface area contributed by atoms with E-state index in [4.69, 9.17) is 10.1 Å². The van der Waals surface area contributed by atoms with Gasteiger partial charge in [-0.1, -0.05) is 18.2 Å². The van der Waals surface area contributed by atoms with Crippen molar-refractivity contribution in [1.82, 2.24) is 9.88 Å². The standard InChI is InChI=1S/C20H21N3O3S2/c1-13-6-7-15(12-18(13)28(21,25)26)20(24)23-10-8-14(9-11-23)19-22-16-4-2-3-5-17(16)27-19/h2-7,12,14H,8-11H2,1H3,(H2,21,25,26). The highest BCUT2D eigenvalue weighted by Crippen LogP contribution is 2.34. The number of aryl methyl sites for hydroxylation is 1. The number of aromatic nitrogens is 1. The molecular formula is C20H21N3O3S2. The van der Waals surface area contributed by atoms with E-state index < -0.39 is 10.0 Å². The number of carbonyl (C=O) groups excluding carboxylic acids is 1. The molecule has 1 amide bonds. The van der Waals surface area contributed by atoms with E-state index in [0.29, 0.717) is 30.1 Å². The number of rotatable bonds is 3. The number of amides is 1. The van der Waals surface area contributed by atoms with Crippen LogP contribution in [0.3, 0.4) is 0 Å². The van der Waals surface area contributed by atoms with Gasteiger partial charge in [0.2, 0.25) is 10.0 Å². The van der Waals surface area contributed by atoms with Gasteiger partial charge in [0.15, 0.2) is 0 Å². The van der Waals surface area contributed by atoms with Crippen LogP contribution in [0.25, 0.3) is 10.2 Å². The minimum absolute atomic E-state index is 0.00251. The van der Waals surface area contributed by atoms with Crippen molar-refractivity contribution in [2.45, 2.75) is 30.6 Å². The van der Waals surface area contributed by atoms with E-state index in [9.17, 15) is 13.2 Å². The molecule has 0 aliphatic carbocycles. The monoisotopic (exact) mass is 415 g/mol. The highest BCUT2D eigenvalue weighted by atomic mass is 32.2. The Kier molecular flexibility index (Phi) is 4.95. The maximum Gasteiger partial charge on any atom is 0.253 e. The number of primary sulfonamides is 1. The fourth-order valence-corrected chi connectivity index (χ4v) is 5.56. The van der Waals surface area contributed by atoms with Gasteiger partial charge in [-0.3, -0.25) is 4.79 Å². The minimum atomic E-state index is -3.86. The third kappa shape index (κ3) is 3.67.